The number of allylic oxidation sites excluding steroid dienone is 3. The second kappa shape index (κ2) is 15.4. The molecule has 0 saturated carbocycles. The van der Waals surface area contributed by atoms with Gasteiger partial charge >= 0.3 is 0 Å². The minimum atomic E-state index is -0.0150. The maximum atomic E-state index is 2.40. The minimum absolute atomic E-state index is 0.0150. The molecule has 52 heavy (non-hydrogen) atoms. The number of aromatic nitrogens is 1. The van der Waals surface area contributed by atoms with Gasteiger partial charge in [-0.15, -0.1) is 0 Å². The zero-order valence-corrected chi connectivity index (χ0v) is 33.1. The van der Waals surface area contributed by atoms with E-state index in [1.807, 2.05) is 21.6 Å². The minimum Gasteiger partial charge on any atom is -0.374 e. The molecular formula is C46H52N4S2+2. The third-order valence-corrected chi connectivity index (χ3v) is 13.3. The molecule has 0 radical (unpaired) electrons. The first-order valence-electron chi connectivity index (χ1n) is 18.5. The molecular weight excluding hydrogens is 673 g/mol. The number of hydrogen-bond acceptors (Lipinski definition) is 4. The van der Waals surface area contributed by atoms with E-state index in [2.05, 4.69) is 195 Å². The third kappa shape index (κ3) is 7.61. The Labute approximate surface area is 319 Å². The van der Waals surface area contributed by atoms with Crippen LogP contribution in [0.4, 0.5) is 17.1 Å². The fourth-order valence-electron chi connectivity index (χ4n) is 7.53. The molecule has 3 heterocycles. The van der Waals surface area contributed by atoms with Gasteiger partial charge in [-0.2, -0.15) is 4.57 Å². The van der Waals surface area contributed by atoms with Crippen LogP contribution in [-0.4, -0.2) is 38.7 Å². The van der Waals surface area contributed by atoms with Crippen molar-refractivity contribution in [3.05, 3.63) is 156 Å². The van der Waals surface area contributed by atoms with Crippen LogP contribution in [0, 0.1) is 0 Å². The number of rotatable bonds is 11. The smallest absolute Gasteiger partial charge is 0.215 e. The second-order valence-electron chi connectivity index (χ2n) is 15.3. The molecule has 4 nitrogen and oxygen atoms in total. The van der Waals surface area contributed by atoms with Gasteiger partial charge in [0, 0.05) is 79.4 Å². The van der Waals surface area contributed by atoms with Crippen molar-refractivity contribution in [2.45, 2.75) is 44.9 Å². The number of hydrogen-bond donors (Lipinski definition) is 1. The summed E-state index contributed by atoms with van der Waals surface area (Å²) in [5, 5.41) is 2.25. The summed E-state index contributed by atoms with van der Waals surface area (Å²) in [5.74, 6) is 2.17. The van der Waals surface area contributed by atoms with Crippen molar-refractivity contribution < 1.29 is 9.88 Å². The van der Waals surface area contributed by atoms with Gasteiger partial charge in [-0.25, -0.2) is 0 Å². The molecule has 0 amide bonds. The van der Waals surface area contributed by atoms with E-state index in [0.29, 0.717) is 0 Å². The third-order valence-electron chi connectivity index (χ3n) is 10.9. The van der Waals surface area contributed by atoms with Crippen LogP contribution >= 0.6 is 21.6 Å². The van der Waals surface area contributed by atoms with Crippen molar-refractivity contribution in [1.82, 2.24) is 0 Å². The van der Waals surface area contributed by atoms with Gasteiger partial charge < -0.3 is 9.80 Å². The highest BCUT2D eigenvalue weighted by molar-refractivity contribution is 8.76. The van der Waals surface area contributed by atoms with Crippen LogP contribution in [0.25, 0.3) is 22.4 Å². The van der Waals surface area contributed by atoms with E-state index in [9.17, 15) is 0 Å². The lowest BCUT2D eigenvalue weighted by Crippen LogP contribution is -2.71. The highest BCUT2D eigenvalue weighted by Gasteiger charge is 2.43. The van der Waals surface area contributed by atoms with E-state index in [1.54, 1.807) is 0 Å². The van der Waals surface area contributed by atoms with Gasteiger partial charge in [0.25, 0.3) is 0 Å². The first-order chi connectivity index (χ1) is 25.1. The van der Waals surface area contributed by atoms with Gasteiger partial charge in [-0.1, -0.05) is 102 Å². The molecule has 6 heteroatoms. The van der Waals surface area contributed by atoms with E-state index < -0.39 is 0 Å². The second-order valence-corrected chi connectivity index (χ2v) is 18.0. The van der Waals surface area contributed by atoms with Gasteiger partial charge in [0.15, 0.2) is 11.9 Å². The molecule has 0 unspecified atom stereocenters. The zero-order valence-electron chi connectivity index (χ0n) is 31.5. The quantitative estimate of drug-likeness (QED) is 0.0636. The van der Waals surface area contributed by atoms with Crippen LogP contribution in [-0.2, 0) is 10.8 Å². The van der Waals surface area contributed by atoms with Crippen molar-refractivity contribution in [3.8, 4) is 16.8 Å². The zero-order chi connectivity index (χ0) is 36.3. The predicted molar refractivity (Wildman–Crippen MR) is 226 cm³/mol. The summed E-state index contributed by atoms with van der Waals surface area (Å²) in [7, 11) is 8.34. The Morgan fingerprint density at radius 2 is 1.27 bits per heavy atom. The maximum Gasteiger partial charge on any atom is 0.215 e. The van der Waals surface area contributed by atoms with Crippen LogP contribution < -0.4 is 19.7 Å². The Morgan fingerprint density at radius 1 is 0.673 bits per heavy atom. The number of fused-ring (bicyclic) bond motifs is 4. The van der Waals surface area contributed by atoms with E-state index in [1.165, 1.54) is 61.8 Å². The van der Waals surface area contributed by atoms with Crippen LogP contribution in [0.15, 0.2) is 134 Å². The summed E-state index contributed by atoms with van der Waals surface area (Å²) in [5.41, 5.74) is 14.4. The number of anilines is 2. The molecule has 2 aliphatic rings. The number of nitrogens with two attached hydrogens (primary N) is 1. The van der Waals surface area contributed by atoms with Gasteiger partial charge in [0.1, 0.15) is 5.69 Å². The van der Waals surface area contributed by atoms with E-state index in [0.717, 1.165) is 31.0 Å². The molecule has 5 aromatic rings. The maximum absolute atomic E-state index is 2.40. The number of benzene rings is 4. The highest BCUT2D eigenvalue weighted by Crippen LogP contribution is 2.39. The summed E-state index contributed by atoms with van der Waals surface area (Å²) in [6.45, 7) is 11.4. The molecule has 0 saturated heterocycles. The lowest BCUT2D eigenvalue weighted by molar-refractivity contribution is -0.599. The summed E-state index contributed by atoms with van der Waals surface area (Å²) in [6.07, 6.45) is 10.1. The molecule has 0 bridgehead atoms. The molecule has 0 spiro atoms. The molecule has 0 fully saturated rings. The van der Waals surface area contributed by atoms with Gasteiger partial charge in [0.2, 0.25) is 5.69 Å². The normalized spacial score (nSPS) is 17.0. The standard InChI is InChI=1S/C46H51N4S2/c1-45(2)26-23-36(24-27-47-42-13-9-7-11-40(42)45)34-15-19-38(20-16-34)48(5)29-31-51-52-32-30-49(6)39-21-17-35(18-22-39)37-25-28-50-43-14-10-8-12-41(43)46(3,4)44(50)33-37/h7-25,27-28,33,47H,26,29-32H2,1-6H3/q+1/p+1/b27-24-,36-23+. The summed E-state index contributed by atoms with van der Waals surface area (Å²) < 4.78 is 2.35. The van der Waals surface area contributed by atoms with Crippen LogP contribution in [0.1, 0.15) is 56.5 Å². The first kappa shape index (κ1) is 36.1. The summed E-state index contributed by atoms with van der Waals surface area (Å²) in [4.78, 5) is 4.73. The van der Waals surface area contributed by atoms with Crippen LogP contribution in [0.3, 0.4) is 0 Å². The van der Waals surface area contributed by atoms with Crippen molar-refractivity contribution in [3.63, 3.8) is 0 Å². The number of nitrogens with zero attached hydrogens (tertiary/aromatic N) is 3. The fourth-order valence-corrected chi connectivity index (χ4v) is 9.62. The lowest BCUT2D eigenvalue weighted by Gasteiger charge is -2.24. The van der Waals surface area contributed by atoms with Crippen LogP contribution in [0.5, 0.6) is 0 Å². The SMILES string of the molecule is CN(CCSSCCN(C)c1ccc(-c2cc[n+]3c(c2)C(C)(C)c2ccccc2-3)cc1)c1ccc(C2=C/CC(C)(C)c3ccccc3[NH2+]/C=C\2)cc1. The molecule has 2 aliphatic heterocycles. The van der Waals surface area contributed by atoms with E-state index in [-0.39, 0.29) is 10.8 Å². The largest absolute Gasteiger partial charge is 0.374 e. The Kier molecular flexibility index (Phi) is 10.7. The molecule has 1 aromatic heterocycles. The van der Waals surface area contributed by atoms with Gasteiger partial charge in [0.05, 0.1) is 11.6 Å². The van der Waals surface area contributed by atoms with Gasteiger partial charge in [-0.3, -0.25) is 5.32 Å². The highest BCUT2D eigenvalue weighted by atomic mass is 33.1. The van der Waals surface area contributed by atoms with Crippen molar-refractivity contribution in [2.75, 3.05) is 48.5 Å². The van der Waals surface area contributed by atoms with E-state index >= 15 is 0 Å². The molecule has 7 rings (SSSR count). The number of pyridine rings is 1. The van der Waals surface area contributed by atoms with Crippen molar-refractivity contribution in [2.24, 2.45) is 0 Å². The average Bonchev–Trinajstić information content (AvgIpc) is 3.42. The van der Waals surface area contributed by atoms with Crippen LogP contribution in [0.2, 0.25) is 0 Å². The topological polar surface area (TPSA) is 27.0 Å². The van der Waals surface area contributed by atoms with Crippen molar-refractivity contribution >= 4 is 44.2 Å². The first-order valence-corrected chi connectivity index (χ1v) is 21.0. The summed E-state index contributed by atoms with van der Waals surface area (Å²) >= 11 is 0. The van der Waals surface area contributed by atoms with E-state index in [4.69, 9.17) is 0 Å². The van der Waals surface area contributed by atoms with Gasteiger partial charge in [-0.05, 0) is 84.4 Å². The molecule has 0 atom stereocenters. The Morgan fingerprint density at radius 3 is 1.94 bits per heavy atom. The summed E-state index contributed by atoms with van der Waals surface area (Å²) in [6, 6.07) is 40.3. The van der Waals surface area contributed by atoms with Crippen molar-refractivity contribution in [1.29, 1.82) is 0 Å². The number of quaternary nitrogens is 1. The predicted octanol–water partition coefficient (Wildman–Crippen LogP) is 9.70. The molecule has 2 N–H and O–H groups in total. The molecule has 266 valence electrons. The fraction of sp³-hybridized carbons (Fsp3) is 0.283. The monoisotopic (exact) mass is 724 g/mol. The average molecular weight is 725 g/mol. The molecule has 0 aliphatic carbocycles. The number of para-hydroxylation sites is 2. The molecule has 4 aromatic carbocycles. The Bertz CT molecular complexity index is 2080. The Hall–Kier alpha value is -4.23. The lowest BCUT2D eigenvalue weighted by atomic mass is 9.80. The Balaban J connectivity index is 0.858.